The number of methoxy groups -OCH3 is 1. The third kappa shape index (κ3) is 3.67. The van der Waals surface area contributed by atoms with Crippen LogP contribution in [0, 0.1) is 46.2 Å². The molecule has 0 unspecified atom stereocenters. The van der Waals surface area contributed by atoms with E-state index in [0.29, 0.717) is 29.2 Å². The van der Waals surface area contributed by atoms with Gasteiger partial charge in [-0.1, -0.05) is 13.0 Å². The summed E-state index contributed by atoms with van der Waals surface area (Å²) in [4.78, 5) is 15.0. The lowest BCUT2D eigenvalue weighted by molar-refractivity contribution is -0.175. The van der Waals surface area contributed by atoms with Crippen molar-refractivity contribution >= 4 is 16.8 Å². The van der Waals surface area contributed by atoms with E-state index in [0.717, 1.165) is 58.0 Å². The number of nitrogens with zero attached hydrogens (tertiary/aromatic N) is 3. The third-order valence-corrected chi connectivity index (χ3v) is 11.2. The van der Waals surface area contributed by atoms with Gasteiger partial charge >= 0.3 is 0 Å². The number of Topliss-reactive ketones (excluding diaryl/α,β-unsaturated/α-hetero) is 1. The lowest BCUT2D eigenvalue weighted by Crippen LogP contribution is -2.58. The Kier molecular flexibility index (Phi) is 5.84. The fourth-order valence-corrected chi connectivity index (χ4v) is 9.58. The molecule has 36 heavy (non-hydrogen) atoms. The van der Waals surface area contributed by atoms with Crippen LogP contribution in [0.1, 0.15) is 71.6 Å². The van der Waals surface area contributed by atoms with Crippen molar-refractivity contribution in [2.45, 2.75) is 83.8 Å². The van der Waals surface area contributed by atoms with Crippen LogP contribution >= 0.6 is 0 Å². The molecule has 8 atom stereocenters. The van der Waals surface area contributed by atoms with Gasteiger partial charge in [0.1, 0.15) is 17.6 Å². The van der Waals surface area contributed by atoms with Gasteiger partial charge in [0.05, 0.1) is 12.2 Å². The molecule has 0 bridgehead atoms. The van der Waals surface area contributed by atoms with E-state index < -0.39 is 11.4 Å². The molecule has 0 radical (unpaired) electrons. The lowest BCUT2D eigenvalue weighted by Gasteiger charge is -2.62. The van der Waals surface area contributed by atoms with Gasteiger partial charge in [-0.25, -0.2) is 4.39 Å². The molecule has 0 spiro atoms. The van der Waals surface area contributed by atoms with E-state index in [4.69, 9.17) is 4.74 Å². The first-order valence-corrected chi connectivity index (χ1v) is 13.9. The Hall–Kier alpha value is -1.86. The van der Waals surface area contributed by atoms with Crippen LogP contribution in [0.2, 0.25) is 0 Å². The highest BCUT2D eigenvalue weighted by Crippen LogP contribution is 2.68. The fraction of sp³-hybridized carbons (Fsp3) is 0.759. The number of halogens is 1. The van der Waals surface area contributed by atoms with Crippen LogP contribution in [0.15, 0.2) is 18.2 Å². The molecule has 4 aliphatic rings. The maximum absolute atomic E-state index is 14.1. The van der Waals surface area contributed by atoms with Crippen molar-refractivity contribution in [2.75, 3.05) is 13.7 Å². The molecular weight excluding hydrogens is 457 g/mol. The molecule has 1 heterocycles. The maximum Gasteiger partial charge on any atom is 0.159 e. The summed E-state index contributed by atoms with van der Waals surface area (Å²) in [7, 11) is 1.83. The highest BCUT2D eigenvalue weighted by molar-refractivity contribution is 5.82. The van der Waals surface area contributed by atoms with Crippen molar-refractivity contribution in [2.24, 2.45) is 40.4 Å². The maximum atomic E-state index is 14.1. The summed E-state index contributed by atoms with van der Waals surface area (Å²) in [5.41, 5.74) is 0.319. The Morgan fingerprint density at radius 3 is 2.72 bits per heavy atom. The van der Waals surface area contributed by atoms with E-state index in [1.54, 1.807) is 12.1 Å². The number of carbonyl (C=O) groups excluding carboxylic acids is 1. The first-order chi connectivity index (χ1) is 17.2. The molecule has 0 amide bonds. The molecule has 1 aromatic heterocycles. The summed E-state index contributed by atoms with van der Waals surface area (Å²) < 4.78 is 20.0. The summed E-state index contributed by atoms with van der Waals surface area (Å²) in [5.74, 6) is 2.09. The molecule has 2 aromatic rings. The summed E-state index contributed by atoms with van der Waals surface area (Å²) in [6.07, 6.45) is 9.35. The van der Waals surface area contributed by atoms with Crippen molar-refractivity contribution in [3.05, 3.63) is 24.0 Å². The first kappa shape index (κ1) is 24.5. The predicted molar refractivity (Wildman–Crippen MR) is 135 cm³/mol. The Bertz CT molecular complexity index is 1160. The molecule has 4 aliphatic carbocycles. The number of benzene rings is 1. The lowest BCUT2D eigenvalue weighted by atomic mass is 9.43. The molecule has 1 N–H and O–H groups in total. The van der Waals surface area contributed by atoms with E-state index >= 15 is 0 Å². The SMILES string of the molecule is COC[C@]12CC[C@@](C)(O)C[C@H]1CC[C@H]1[C@@H]3CC[C@H](C(=O)Cn4nc5cccc(F)c5n4)[C@@]3(C)CC[C@@H]12. The number of hydrogen-bond donors (Lipinski definition) is 1. The second-order valence-corrected chi connectivity index (χ2v) is 13.0. The van der Waals surface area contributed by atoms with Gasteiger partial charge in [-0.3, -0.25) is 4.79 Å². The summed E-state index contributed by atoms with van der Waals surface area (Å²) in [5, 5.41) is 19.5. The van der Waals surface area contributed by atoms with Gasteiger partial charge in [0.2, 0.25) is 0 Å². The minimum atomic E-state index is -0.558. The molecule has 4 saturated carbocycles. The van der Waals surface area contributed by atoms with Gasteiger partial charge in [-0.15, -0.1) is 5.10 Å². The molecule has 1 aromatic carbocycles. The smallest absolute Gasteiger partial charge is 0.159 e. The van der Waals surface area contributed by atoms with Crippen LogP contribution < -0.4 is 0 Å². The number of rotatable bonds is 5. The molecule has 6 rings (SSSR count). The number of fused-ring (bicyclic) bond motifs is 6. The molecule has 7 heteroatoms. The van der Waals surface area contributed by atoms with E-state index in [1.807, 2.05) is 14.0 Å². The zero-order valence-electron chi connectivity index (χ0n) is 21.9. The fourth-order valence-electron chi connectivity index (χ4n) is 9.58. The predicted octanol–water partition coefficient (Wildman–Crippen LogP) is 5.18. The van der Waals surface area contributed by atoms with Crippen LogP contribution in [0.5, 0.6) is 0 Å². The van der Waals surface area contributed by atoms with Crippen molar-refractivity contribution in [1.82, 2.24) is 15.0 Å². The van der Waals surface area contributed by atoms with Crippen LogP contribution in [0.3, 0.4) is 0 Å². The summed E-state index contributed by atoms with van der Waals surface area (Å²) in [6, 6.07) is 4.73. The zero-order valence-corrected chi connectivity index (χ0v) is 21.9. The first-order valence-electron chi connectivity index (χ1n) is 13.9. The topological polar surface area (TPSA) is 77.2 Å². The largest absolute Gasteiger partial charge is 0.390 e. The highest BCUT2D eigenvalue weighted by Gasteiger charge is 2.63. The molecule has 196 valence electrons. The van der Waals surface area contributed by atoms with Crippen LogP contribution in [-0.4, -0.2) is 45.2 Å². The minimum Gasteiger partial charge on any atom is -0.390 e. The van der Waals surface area contributed by atoms with E-state index in [1.165, 1.54) is 17.3 Å². The van der Waals surface area contributed by atoms with E-state index in [9.17, 15) is 14.3 Å². The highest BCUT2D eigenvalue weighted by atomic mass is 19.1. The Balaban J connectivity index is 1.23. The van der Waals surface area contributed by atoms with Gasteiger partial charge in [-0.2, -0.15) is 9.90 Å². The number of ether oxygens (including phenoxy) is 1. The second-order valence-electron chi connectivity index (χ2n) is 13.0. The number of aromatic nitrogens is 3. The van der Waals surface area contributed by atoms with E-state index in [-0.39, 0.29) is 34.6 Å². The van der Waals surface area contributed by atoms with Gasteiger partial charge in [0.15, 0.2) is 11.6 Å². The Labute approximate surface area is 213 Å². The van der Waals surface area contributed by atoms with Crippen LogP contribution in [-0.2, 0) is 16.1 Å². The number of ketones is 1. The van der Waals surface area contributed by atoms with E-state index in [2.05, 4.69) is 17.1 Å². The molecule has 0 aliphatic heterocycles. The summed E-state index contributed by atoms with van der Waals surface area (Å²) in [6.45, 7) is 5.26. The van der Waals surface area contributed by atoms with Crippen molar-refractivity contribution in [3.8, 4) is 0 Å². The molecular formula is C29H40FN3O3. The molecule has 4 fully saturated rings. The van der Waals surface area contributed by atoms with Crippen LogP contribution in [0.25, 0.3) is 11.0 Å². The van der Waals surface area contributed by atoms with Crippen molar-refractivity contribution < 1.29 is 19.0 Å². The van der Waals surface area contributed by atoms with Gasteiger partial charge in [0.25, 0.3) is 0 Å². The Morgan fingerprint density at radius 1 is 1.11 bits per heavy atom. The van der Waals surface area contributed by atoms with Gasteiger partial charge in [-0.05, 0) is 111 Å². The normalized spacial score (nSPS) is 42.1. The Morgan fingerprint density at radius 2 is 1.94 bits per heavy atom. The number of aliphatic hydroxyl groups is 1. The zero-order chi connectivity index (χ0) is 25.3. The monoisotopic (exact) mass is 497 g/mol. The summed E-state index contributed by atoms with van der Waals surface area (Å²) >= 11 is 0. The number of carbonyl (C=O) groups is 1. The average Bonchev–Trinajstić information content (AvgIpc) is 3.40. The van der Waals surface area contributed by atoms with Gasteiger partial charge in [0, 0.05) is 13.0 Å². The third-order valence-electron chi connectivity index (χ3n) is 11.2. The average molecular weight is 498 g/mol. The number of hydrogen-bond acceptors (Lipinski definition) is 5. The quantitative estimate of drug-likeness (QED) is 0.616. The minimum absolute atomic E-state index is 0.00265. The molecule has 6 nitrogen and oxygen atoms in total. The second kappa shape index (κ2) is 8.59. The van der Waals surface area contributed by atoms with Crippen molar-refractivity contribution in [1.29, 1.82) is 0 Å². The van der Waals surface area contributed by atoms with Gasteiger partial charge < -0.3 is 9.84 Å². The standard InChI is InChI=1S/C29H40FN3O3/c1-27(35)13-14-29(17-36-3)18(15-27)7-8-19-20-9-10-22(28(20,2)12-11-21(19)29)25(34)16-33-31-24-6-4-5-23(30)26(24)32-33/h4-6,18-22,35H,7-17H2,1-3H3/t18-,19+,20+,21+,22-,27-,28+,29-/m1/s1. The van der Waals surface area contributed by atoms with Crippen molar-refractivity contribution in [3.63, 3.8) is 0 Å². The molecule has 0 saturated heterocycles. The van der Waals surface area contributed by atoms with Crippen LogP contribution in [0.4, 0.5) is 4.39 Å².